The van der Waals surface area contributed by atoms with E-state index in [0.717, 1.165) is 30.6 Å². The van der Waals surface area contributed by atoms with Crippen LogP contribution in [0.4, 0.5) is 0 Å². The number of nitrogens with one attached hydrogen (secondary N) is 1. The monoisotopic (exact) mass is 530 g/mol. The van der Waals surface area contributed by atoms with E-state index in [2.05, 4.69) is 15.2 Å². The van der Waals surface area contributed by atoms with E-state index >= 15 is 0 Å². The Labute approximate surface area is 219 Å². The molecular weight excluding hydrogens is 500 g/mol. The number of aromatic nitrogens is 2. The Morgan fingerprint density at radius 2 is 1.83 bits per heavy atom. The highest BCUT2D eigenvalue weighted by Crippen LogP contribution is 2.51. The number of nitrogens with two attached hydrogens (primary N) is 2. The van der Waals surface area contributed by atoms with Gasteiger partial charge in [-0.15, -0.1) is 11.8 Å². The van der Waals surface area contributed by atoms with Crippen molar-refractivity contribution in [2.75, 3.05) is 40.5 Å². The zero-order valence-corrected chi connectivity index (χ0v) is 21.9. The van der Waals surface area contributed by atoms with Gasteiger partial charge in [-0.2, -0.15) is 0 Å². The van der Waals surface area contributed by atoms with Crippen LogP contribution in [0.15, 0.2) is 36.7 Å². The van der Waals surface area contributed by atoms with Crippen molar-refractivity contribution in [2.45, 2.75) is 29.3 Å². The number of benzene rings is 2. The molecule has 5 N–H and O–H groups in total. The molecule has 0 radical (unpaired) electrons. The van der Waals surface area contributed by atoms with Crippen LogP contribution in [-0.2, 0) is 4.75 Å². The van der Waals surface area contributed by atoms with Crippen molar-refractivity contribution < 1.29 is 14.2 Å². The van der Waals surface area contributed by atoms with E-state index in [1.807, 2.05) is 30.3 Å². The van der Waals surface area contributed by atoms with Gasteiger partial charge in [-0.1, -0.05) is 17.7 Å². The number of likely N-dealkylation sites (tertiary alicyclic amines) is 1. The number of ether oxygens (including phenoxy) is 3. The Morgan fingerprint density at radius 1 is 1.08 bits per heavy atom. The number of halogens is 1. The molecular formula is C25H31ClN6O3S. The summed E-state index contributed by atoms with van der Waals surface area (Å²) < 4.78 is 16.2. The van der Waals surface area contributed by atoms with E-state index < -0.39 is 16.4 Å². The Balaban J connectivity index is 1.54. The van der Waals surface area contributed by atoms with Gasteiger partial charge >= 0.3 is 0 Å². The average molecular weight is 531 g/mol. The summed E-state index contributed by atoms with van der Waals surface area (Å²) in [6, 6.07) is 9.48. The largest absolute Gasteiger partial charge is 0.493 e. The predicted molar refractivity (Wildman–Crippen MR) is 143 cm³/mol. The number of hydrogen-bond donors (Lipinski definition) is 3. The van der Waals surface area contributed by atoms with Crippen LogP contribution in [0.3, 0.4) is 0 Å². The molecule has 3 unspecified atom stereocenters. The SMILES string of the molecule is COc1cc2ncnc(C3(c4ccc(OCCN5CCCC5)c(Cl)c4)SC(N)NC3N)c2cc1OC. The molecule has 36 heavy (non-hydrogen) atoms. The topological polar surface area (TPSA) is 121 Å². The lowest BCUT2D eigenvalue weighted by Crippen LogP contribution is -2.49. The molecule has 192 valence electrons. The average Bonchev–Trinajstić information content (AvgIpc) is 3.51. The Morgan fingerprint density at radius 3 is 2.50 bits per heavy atom. The van der Waals surface area contributed by atoms with Crippen molar-refractivity contribution >= 4 is 34.3 Å². The highest BCUT2D eigenvalue weighted by molar-refractivity contribution is 8.01. The van der Waals surface area contributed by atoms with Gasteiger partial charge in [0.15, 0.2) is 11.5 Å². The quantitative estimate of drug-likeness (QED) is 0.401. The first-order valence-corrected chi connectivity index (χ1v) is 13.2. The fraction of sp³-hybridized carbons (Fsp3) is 0.440. The number of fused-ring (bicyclic) bond motifs is 1. The maximum absolute atomic E-state index is 6.73. The molecule has 9 nitrogen and oxygen atoms in total. The lowest BCUT2D eigenvalue weighted by atomic mass is 9.89. The minimum atomic E-state index is -0.835. The van der Waals surface area contributed by atoms with Crippen molar-refractivity contribution in [1.29, 1.82) is 0 Å². The van der Waals surface area contributed by atoms with Gasteiger partial charge in [-0.3, -0.25) is 10.2 Å². The second-order valence-electron chi connectivity index (χ2n) is 8.91. The van der Waals surface area contributed by atoms with Crippen LogP contribution in [0, 0.1) is 0 Å². The van der Waals surface area contributed by atoms with Gasteiger partial charge < -0.3 is 25.7 Å². The zero-order valence-electron chi connectivity index (χ0n) is 20.4. The summed E-state index contributed by atoms with van der Waals surface area (Å²) in [5.41, 5.74) is 14.9. The lowest BCUT2D eigenvalue weighted by Gasteiger charge is -2.33. The molecule has 0 bridgehead atoms. The van der Waals surface area contributed by atoms with Gasteiger partial charge in [-0.25, -0.2) is 9.97 Å². The van der Waals surface area contributed by atoms with E-state index in [1.54, 1.807) is 14.2 Å². The van der Waals surface area contributed by atoms with Crippen LogP contribution in [0.1, 0.15) is 24.1 Å². The molecule has 2 saturated heterocycles. The van der Waals surface area contributed by atoms with Crippen LogP contribution in [0.25, 0.3) is 10.9 Å². The number of methoxy groups -OCH3 is 2. The molecule has 0 saturated carbocycles. The molecule has 3 atom stereocenters. The first-order valence-electron chi connectivity index (χ1n) is 11.9. The van der Waals surface area contributed by atoms with Crippen molar-refractivity contribution in [3.05, 3.63) is 52.9 Å². The van der Waals surface area contributed by atoms with Crippen molar-refractivity contribution in [3.8, 4) is 17.2 Å². The molecule has 2 fully saturated rings. The number of thioether (sulfide) groups is 1. The van der Waals surface area contributed by atoms with E-state index in [9.17, 15) is 0 Å². The van der Waals surface area contributed by atoms with Crippen molar-refractivity contribution in [3.63, 3.8) is 0 Å². The molecule has 0 amide bonds. The summed E-state index contributed by atoms with van der Waals surface area (Å²) in [6.07, 6.45) is 3.49. The van der Waals surface area contributed by atoms with Gasteiger partial charge in [-0.05, 0) is 49.7 Å². The Kier molecular flexibility index (Phi) is 7.43. The summed E-state index contributed by atoms with van der Waals surface area (Å²) >= 11 is 8.22. The summed E-state index contributed by atoms with van der Waals surface area (Å²) in [4.78, 5) is 11.6. The minimum Gasteiger partial charge on any atom is -0.493 e. The van der Waals surface area contributed by atoms with E-state index in [1.165, 1.54) is 30.9 Å². The molecule has 0 spiro atoms. The predicted octanol–water partition coefficient (Wildman–Crippen LogP) is 2.88. The number of rotatable bonds is 8. The molecule has 11 heteroatoms. The fourth-order valence-corrected chi connectivity index (χ4v) is 6.61. The second-order valence-corrected chi connectivity index (χ2v) is 10.7. The molecule has 2 aromatic carbocycles. The third kappa shape index (κ3) is 4.57. The van der Waals surface area contributed by atoms with E-state index in [0.29, 0.717) is 40.1 Å². The molecule has 3 aromatic rings. The first-order chi connectivity index (χ1) is 17.5. The highest BCUT2D eigenvalue weighted by Gasteiger charge is 2.50. The second kappa shape index (κ2) is 10.6. The van der Waals surface area contributed by atoms with Crippen LogP contribution >= 0.6 is 23.4 Å². The molecule has 1 aromatic heterocycles. The fourth-order valence-electron chi connectivity index (χ4n) is 5.01. The minimum absolute atomic E-state index is 0.402. The highest BCUT2D eigenvalue weighted by atomic mass is 35.5. The maximum Gasteiger partial charge on any atom is 0.162 e. The lowest BCUT2D eigenvalue weighted by molar-refractivity contribution is 0.238. The normalized spacial score (nSPS) is 24.4. The Bertz CT molecular complexity index is 1240. The van der Waals surface area contributed by atoms with Crippen molar-refractivity contribution in [2.24, 2.45) is 11.5 Å². The van der Waals surface area contributed by atoms with E-state index in [-0.39, 0.29) is 0 Å². The molecule has 2 aliphatic heterocycles. The van der Waals surface area contributed by atoms with Gasteiger partial charge in [0.05, 0.1) is 36.6 Å². The third-order valence-electron chi connectivity index (χ3n) is 6.81. The smallest absolute Gasteiger partial charge is 0.162 e. The van der Waals surface area contributed by atoms with Gasteiger partial charge in [0.25, 0.3) is 0 Å². The maximum atomic E-state index is 6.73. The van der Waals surface area contributed by atoms with Gasteiger partial charge in [0.1, 0.15) is 28.9 Å². The number of hydrogen-bond acceptors (Lipinski definition) is 10. The van der Waals surface area contributed by atoms with Crippen LogP contribution < -0.4 is 31.0 Å². The molecule has 2 aliphatic rings. The summed E-state index contributed by atoms with van der Waals surface area (Å²) in [6.45, 7) is 3.73. The molecule has 0 aliphatic carbocycles. The standard InChI is InChI=1S/C25H31ClN6O3S/c1-33-20-12-16-18(13-21(20)34-2)29-14-30-22(16)25(23(27)31-24(28)36-25)15-5-6-19(17(26)11-15)35-10-9-32-7-3-4-8-32/h5-6,11-14,23-24,31H,3-4,7-10,27-28H2,1-2H3. The van der Waals surface area contributed by atoms with Crippen LogP contribution in [-0.4, -0.2) is 67.0 Å². The molecule has 3 heterocycles. The van der Waals surface area contributed by atoms with E-state index in [4.69, 9.17) is 42.3 Å². The third-order valence-corrected chi connectivity index (χ3v) is 8.55. The summed E-state index contributed by atoms with van der Waals surface area (Å²) in [7, 11) is 3.19. The van der Waals surface area contributed by atoms with Crippen LogP contribution in [0.2, 0.25) is 5.02 Å². The summed E-state index contributed by atoms with van der Waals surface area (Å²) in [5, 5.41) is 4.54. The zero-order chi connectivity index (χ0) is 25.3. The van der Waals surface area contributed by atoms with Crippen LogP contribution in [0.5, 0.6) is 17.2 Å². The number of nitrogens with zero attached hydrogens (tertiary/aromatic N) is 3. The van der Waals surface area contributed by atoms with Gasteiger partial charge in [0.2, 0.25) is 0 Å². The Hall–Kier alpha value is -2.34. The summed E-state index contributed by atoms with van der Waals surface area (Å²) in [5.74, 6) is 1.80. The van der Waals surface area contributed by atoms with Gasteiger partial charge in [0, 0.05) is 18.0 Å². The first kappa shape index (κ1) is 25.3. The molecule has 5 rings (SSSR count). The van der Waals surface area contributed by atoms with Crippen molar-refractivity contribution in [1.82, 2.24) is 20.2 Å².